The third-order valence-corrected chi connectivity index (χ3v) is 4.30. The summed E-state index contributed by atoms with van der Waals surface area (Å²) in [6.07, 6.45) is 0. The van der Waals surface area contributed by atoms with E-state index >= 15 is 0 Å². The average Bonchev–Trinajstić information content (AvgIpc) is 2.27. The zero-order chi connectivity index (χ0) is 14.6. The third kappa shape index (κ3) is 4.56. The molecule has 104 valence electrons. The van der Waals surface area contributed by atoms with Gasteiger partial charge in [0, 0.05) is 17.6 Å². The van der Waals surface area contributed by atoms with Gasteiger partial charge in [-0.1, -0.05) is 34.7 Å². The summed E-state index contributed by atoms with van der Waals surface area (Å²) < 4.78 is 39.5. The van der Waals surface area contributed by atoms with Gasteiger partial charge in [0.05, 0.1) is 4.90 Å². The summed E-state index contributed by atoms with van der Waals surface area (Å²) >= 11 is 3.15. The van der Waals surface area contributed by atoms with Crippen LogP contribution in [0.4, 0.5) is 4.39 Å². The zero-order valence-electron chi connectivity index (χ0n) is 10.6. The smallest absolute Gasteiger partial charge is 0.207 e. The maximum Gasteiger partial charge on any atom is 0.243 e. The molecule has 0 bridgehead atoms. The monoisotopic (exact) mass is 347 g/mol. The molecule has 3 nitrogen and oxygen atoms in total. The summed E-state index contributed by atoms with van der Waals surface area (Å²) in [4.78, 5) is 0.0453. The first-order valence-corrected chi connectivity index (χ1v) is 7.70. The number of rotatable bonds is 6. The second-order valence-electron chi connectivity index (χ2n) is 4.20. The molecule has 0 spiro atoms. The maximum atomic E-state index is 12.9. The van der Waals surface area contributed by atoms with Crippen LogP contribution in [0.5, 0.6) is 0 Å². The van der Waals surface area contributed by atoms with Crippen molar-refractivity contribution in [3.05, 3.63) is 53.3 Å². The maximum absolute atomic E-state index is 12.9. The second kappa shape index (κ2) is 6.45. The van der Waals surface area contributed by atoms with Crippen LogP contribution in [0.1, 0.15) is 6.92 Å². The summed E-state index contributed by atoms with van der Waals surface area (Å²) in [7, 11) is -3.69. The van der Waals surface area contributed by atoms with Crippen molar-refractivity contribution in [3.8, 4) is 0 Å². The molecule has 0 radical (unpaired) electrons. The van der Waals surface area contributed by atoms with E-state index in [0.29, 0.717) is 10.1 Å². The van der Waals surface area contributed by atoms with Crippen LogP contribution < -0.4 is 0 Å². The number of nitrogens with zero attached hydrogens (tertiary/aromatic N) is 1. The fraction of sp³-hybridized carbons (Fsp3) is 0.231. The highest BCUT2D eigenvalue weighted by Gasteiger charge is 2.24. The summed E-state index contributed by atoms with van der Waals surface area (Å²) in [5, 5.41) is 0. The summed E-state index contributed by atoms with van der Waals surface area (Å²) in [6, 6.07) is 4.73. The van der Waals surface area contributed by atoms with E-state index in [2.05, 4.69) is 29.1 Å². The molecule has 0 N–H and O–H groups in total. The molecule has 0 atom stereocenters. The fourth-order valence-corrected chi connectivity index (χ4v) is 3.44. The Morgan fingerprint density at radius 1 is 1.26 bits per heavy atom. The van der Waals surface area contributed by atoms with Crippen LogP contribution in [0.25, 0.3) is 0 Å². The molecule has 1 aromatic rings. The Labute approximate surface area is 121 Å². The Morgan fingerprint density at radius 3 is 2.21 bits per heavy atom. The highest BCUT2D eigenvalue weighted by Crippen LogP contribution is 2.19. The molecular formula is C13H15BrFNO2S. The second-order valence-corrected chi connectivity index (χ2v) is 7.26. The minimum Gasteiger partial charge on any atom is -0.207 e. The normalized spacial score (nSPS) is 11.6. The molecule has 0 heterocycles. The van der Waals surface area contributed by atoms with Gasteiger partial charge in [0.15, 0.2) is 0 Å². The van der Waals surface area contributed by atoms with Crippen LogP contribution >= 0.6 is 15.9 Å². The lowest BCUT2D eigenvalue weighted by molar-refractivity contribution is 0.465. The minimum atomic E-state index is -3.69. The predicted octanol–water partition coefficient (Wildman–Crippen LogP) is 3.30. The van der Waals surface area contributed by atoms with Gasteiger partial charge in [-0.05, 0) is 31.2 Å². The molecule has 0 amide bonds. The molecule has 0 fully saturated rings. The molecule has 0 unspecified atom stereocenters. The van der Waals surface area contributed by atoms with Crippen molar-refractivity contribution >= 4 is 26.0 Å². The first kappa shape index (κ1) is 16.1. The van der Waals surface area contributed by atoms with Crippen LogP contribution in [-0.2, 0) is 10.0 Å². The lowest BCUT2D eigenvalue weighted by atomic mass is 10.3. The van der Waals surface area contributed by atoms with Crippen molar-refractivity contribution in [1.29, 1.82) is 0 Å². The molecule has 0 aliphatic carbocycles. The van der Waals surface area contributed by atoms with E-state index in [1.54, 1.807) is 6.92 Å². The Hall–Kier alpha value is -0.980. The molecule has 0 aliphatic heterocycles. The van der Waals surface area contributed by atoms with Crippen LogP contribution in [0.3, 0.4) is 0 Å². The molecule has 0 aliphatic rings. The third-order valence-electron chi connectivity index (χ3n) is 2.25. The van der Waals surface area contributed by atoms with E-state index in [-0.39, 0.29) is 18.0 Å². The van der Waals surface area contributed by atoms with Gasteiger partial charge in [0.25, 0.3) is 0 Å². The fourth-order valence-electron chi connectivity index (χ4n) is 1.47. The van der Waals surface area contributed by atoms with Gasteiger partial charge in [0.2, 0.25) is 10.0 Å². The Bertz CT molecular complexity index is 565. The number of sulfonamides is 1. The van der Waals surface area contributed by atoms with Gasteiger partial charge >= 0.3 is 0 Å². The molecule has 1 rings (SSSR count). The minimum absolute atomic E-state index is 0.0453. The van der Waals surface area contributed by atoms with Crippen molar-refractivity contribution in [1.82, 2.24) is 4.31 Å². The quantitative estimate of drug-likeness (QED) is 0.740. The first-order chi connectivity index (χ1) is 8.73. The highest BCUT2D eigenvalue weighted by atomic mass is 79.9. The lowest BCUT2D eigenvalue weighted by Gasteiger charge is -2.22. The van der Waals surface area contributed by atoms with Crippen LogP contribution in [0.15, 0.2) is 52.4 Å². The van der Waals surface area contributed by atoms with Crippen LogP contribution in [0.2, 0.25) is 0 Å². The van der Waals surface area contributed by atoms with Crippen molar-refractivity contribution in [2.24, 2.45) is 0 Å². The summed E-state index contributed by atoms with van der Waals surface area (Å²) in [5.74, 6) is -0.477. The SMILES string of the molecule is C=C(C)CN(CC(=C)Br)S(=O)(=O)c1ccc(F)cc1. The van der Waals surface area contributed by atoms with Gasteiger partial charge in [-0.25, -0.2) is 12.8 Å². The Balaban J connectivity index is 3.14. The van der Waals surface area contributed by atoms with Crippen LogP contribution in [0, 0.1) is 5.82 Å². The van der Waals surface area contributed by atoms with Gasteiger partial charge < -0.3 is 0 Å². The Kier molecular flexibility index (Phi) is 5.46. The lowest BCUT2D eigenvalue weighted by Crippen LogP contribution is -2.33. The predicted molar refractivity (Wildman–Crippen MR) is 78.0 cm³/mol. The van der Waals surface area contributed by atoms with E-state index in [1.807, 2.05) is 0 Å². The molecule has 6 heteroatoms. The molecule has 0 saturated heterocycles. The van der Waals surface area contributed by atoms with Crippen molar-refractivity contribution < 1.29 is 12.8 Å². The molecule has 1 aromatic carbocycles. The number of hydrogen-bond donors (Lipinski definition) is 0. The average molecular weight is 348 g/mol. The molecular weight excluding hydrogens is 333 g/mol. The van der Waals surface area contributed by atoms with Gasteiger partial charge in [-0.2, -0.15) is 4.31 Å². The number of hydrogen-bond acceptors (Lipinski definition) is 2. The first-order valence-electron chi connectivity index (χ1n) is 5.47. The molecule has 0 aromatic heterocycles. The summed E-state index contributed by atoms with van der Waals surface area (Å²) in [5.41, 5.74) is 0.708. The van der Waals surface area contributed by atoms with Crippen molar-refractivity contribution in [2.75, 3.05) is 13.1 Å². The number of halogens is 2. The van der Waals surface area contributed by atoms with Crippen molar-refractivity contribution in [2.45, 2.75) is 11.8 Å². The zero-order valence-corrected chi connectivity index (χ0v) is 13.0. The standard InChI is InChI=1S/C13H15BrFNO2S/c1-10(2)8-16(9-11(3)14)19(17,18)13-6-4-12(15)5-7-13/h4-7H,1,3,8-9H2,2H3. The van der Waals surface area contributed by atoms with E-state index in [9.17, 15) is 12.8 Å². The topological polar surface area (TPSA) is 37.4 Å². The van der Waals surface area contributed by atoms with Gasteiger partial charge in [-0.3, -0.25) is 0 Å². The molecule has 0 saturated carbocycles. The van der Waals surface area contributed by atoms with E-state index in [0.717, 1.165) is 12.1 Å². The summed E-state index contributed by atoms with van der Waals surface area (Å²) in [6.45, 7) is 9.41. The van der Waals surface area contributed by atoms with E-state index in [4.69, 9.17) is 0 Å². The van der Waals surface area contributed by atoms with Crippen molar-refractivity contribution in [3.63, 3.8) is 0 Å². The van der Waals surface area contributed by atoms with E-state index in [1.165, 1.54) is 16.4 Å². The van der Waals surface area contributed by atoms with Gasteiger partial charge in [0.1, 0.15) is 5.82 Å². The number of benzene rings is 1. The van der Waals surface area contributed by atoms with E-state index < -0.39 is 15.8 Å². The highest BCUT2D eigenvalue weighted by molar-refractivity contribution is 9.11. The van der Waals surface area contributed by atoms with Gasteiger partial charge in [-0.15, -0.1) is 0 Å². The molecule has 19 heavy (non-hydrogen) atoms. The largest absolute Gasteiger partial charge is 0.243 e. The Morgan fingerprint density at radius 2 is 1.79 bits per heavy atom. The van der Waals surface area contributed by atoms with Crippen LogP contribution in [-0.4, -0.2) is 25.8 Å².